The molecule has 0 radical (unpaired) electrons. The number of nitrogens with zero attached hydrogens (tertiary/aromatic N) is 1. The molecule has 0 spiro atoms. The van der Waals surface area contributed by atoms with Gasteiger partial charge < -0.3 is 35.8 Å². The zero-order valence-electron chi connectivity index (χ0n) is 28.8. The van der Waals surface area contributed by atoms with Crippen LogP contribution in [-0.4, -0.2) is 97.1 Å². The van der Waals surface area contributed by atoms with Crippen LogP contribution in [0.1, 0.15) is 81.7 Å². The molecule has 0 saturated carbocycles. The summed E-state index contributed by atoms with van der Waals surface area (Å²) >= 11 is 1.71. The highest BCUT2D eigenvalue weighted by molar-refractivity contribution is 7.98. The minimum atomic E-state index is -1.17. The molecule has 0 amide bonds. The Morgan fingerprint density at radius 3 is 1.74 bits per heavy atom. The number of hydrogen-bond donors (Lipinski definition) is 8. The van der Waals surface area contributed by atoms with E-state index in [4.69, 9.17) is 15.4 Å². The van der Waals surface area contributed by atoms with Crippen LogP contribution < -0.4 is 5.32 Å². The number of thioether (sulfide) groups is 1. The minimum absolute atomic E-state index is 0.180. The van der Waals surface area contributed by atoms with Crippen molar-refractivity contribution in [2.75, 3.05) is 19.3 Å². The molecule has 2 rings (SSSR count). The first-order chi connectivity index (χ1) is 20.3. The highest BCUT2D eigenvalue weighted by atomic mass is 32.2. The van der Waals surface area contributed by atoms with Crippen molar-refractivity contribution in [2.45, 2.75) is 119 Å². The number of aliphatic hydroxyl groups is 6. The Balaban J connectivity index is -0.000000283. The van der Waals surface area contributed by atoms with Gasteiger partial charge >= 0.3 is 0 Å². The van der Waals surface area contributed by atoms with E-state index in [9.17, 15) is 20.4 Å². The Labute approximate surface area is 267 Å². The quantitative estimate of drug-likeness (QED) is 0.126. The molecule has 10 heteroatoms. The third-order valence-electron chi connectivity index (χ3n) is 5.65. The lowest BCUT2D eigenvalue weighted by molar-refractivity contribution is -0.111. The van der Waals surface area contributed by atoms with Gasteiger partial charge in [0.2, 0.25) is 0 Å². The predicted molar refractivity (Wildman–Crippen MR) is 183 cm³/mol. The second-order valence-corrected chi connectivity index (χ2v) is 10.5. The molecule has 1 aliphatic rings. The molecule has 6 atom stereocenters. The van der Waals surface area contributed by atoms with E-state index in [0.717, 1.165) is 10.8 Å². The van der Waals surface area contributed by atoms with Gasteiger partial charge in [0, 0.05) is 25.1 Å². The fourth-order valence-corrected chi connectivity index (χ4v) is 3.99. The number of hydroxylamine groups is 2. The molecular formula is C33H66N2O7S. The maximum Gasteiger partial charge on any atom is 0.148 e. The Morgan fingerprint density at radius 2 is 1.35 bits per heavy atom. The van der Waals surface area contributed by atoms with E-state index in [1.54, 1.807) is 36.9 Å². The number of benzene rings is 1. The number of rotatable bonds is 11. The summed E-state index contributed by atoms with van der Waals surface area (Å²) in [5.74, 6) is 2.18. The van der Waals surface area contributed by atoms with Crippen molar-refractivity contribution in [1.82, 2.24) is 10.4 Å². The van der Waals surface area contributed by atoms with Crippen LogP contribution in [0.25, 0.3) is 0 Å². The summed E-state index contributed by atoms with van der Waals surface area (Å²) in [7, 11) is 1.47. The van der Waals surface area contributed by atoms with Crippen molar-refractivity contribution in [3.8, 4) is 0 Å². The van der Waals surface area contributed by atoms with Gasteiger partial charge in [0.05, 0.1) is 24.4 Å². The summed E-state index contributed by atoms with van der Waals surface area (Å²) in [4.78, 5) is 0. The Kier molecular flexibility index (Phi) is 36.3. The molecule has 8 N–H and O–H groups in total. The van der Waals surface area contributed by atoms with E-state index in [1.165, 1.54) is 19.5 Å². The van der Waals surface area contributed by atoms with Gasteiger partial charge in [-0.1, -0.05) is 105 Å². The molecule has 0 fully saturated rings. The van der Waals surface area contributed by atoms with Crippen LogP contribution in [-0.2, 0) is 5.75 Å². The van der Waals surface area contributed by atoms with Crippen molar-refractivity contribution in [1.29, 1.82) is 0 Å². The van der Waals surface area contributed by atoms with E-state index < -0.39 is 36.9 Å². The fraction of sp³-hybridized carbons (Fsp3) is 0.697. The maximum absolute atomic E-state index is 9.91. The number of hydrogen-bond acceptors (Lipinski definition) is 10. The van der Waals surface area contributed by atoms with Crippen molar-refractivity contribution in [3.63, 3.8) is 0 Å². The van der Waals surface area contributed by atoms with Gasteiger partial charge in [0.1, 0.15) is 12.5 Å². The first-order valence-corrected chi connectivity index (χ1v) is 16.7. The summed E-state index contributed by atoms with van der Waals surface area (Å²) in [6.45, 7) is 21.5. The van der Waals surface area contributed by atoms with Crippen LogP contribution >= 0.6 is 11.8 Å². The third kappa shape index (κ3) is 27.9. The lowest BCUT2D eigenvalue weighted by Gasteiger charge is -2.26. The van der Waals surface area contributed by atoms with E-state index in [2.05, 4.69) is 31.3 Å². The summed E-state index contributed by atoms with van der Waals surface area (Å²) in [5.41, 5.74) is 1.94. The standard InChI is InChI=1S/C16H27NO2S.C9H15NO3.C2H6O2.3C2H6/c1-12(2)13(3)16(19)17-9-15(18)11-20-10-14-7-5-4-6-8-14;1-6(11)7-3-4-8(10(2)13)9(12)5-7;1-2(3)4;3*1-2/h4-8,12-13,15-19H,9-11H2,1-3H3;3-6,8-9,11-13H,1-2H3;2-4H,1H3;3*1-2H3/t13?,15-,16+;6-,8?,9?;;;;/m10..../s1. The molecule has 1 aromatic rings. The van der Waals surface area contributed by atoms with E-state index in [1.807, 2.05) is 66.7 Å². The van der Waals surface area contributed by atoms with Crippen LogP contribution in [0.5, 0.6) is 0 Å². The molecule has 43 heavy (non-hydrogen) atoms. The SMILES string of the molecule is CC.CC.CC.CC(C)C(C)[C@H](O)NC[C@@H](O)CSCc1ccccc1.CC(O)O.C[C@H](O)C1=CC(O)C(N(C)O)C=C1. The number of nitrogens with one attached hydrogen (secondary N) is 1. The molecule has 0 aromatic heterocycles. The van der Waals surface area contributed by atoms with E-state index in [-0.39, 0.29) is 5.92 Å². The predicted octanol–water partition coefficient (Wildman–Crippen LogP) is 4.79. The van der Waals surface area contributed by atoms with Gasteiger partial charge in [0.15, 0.2) is 0 Å². The average Bonchev–Trinajstić information content (AvgIpc) is 2.99. The largest absolute Gasteiger partial charge is 0.391 e. The lowest BCUT2D eigenvalue weighted by atomic mass is 9.96. The number of aliphatic hydroxyl groups excluding tert-OH is 5. The normalized spacial score (nSPS) is 18.0. The van der Waals surface area contributed by atoms with Gasteiger partial charge in [-0.3, -0.25) is 5.32 Å². The Morgan fingerprint density at radius 1 is 0.860 bits per heavy atom. The molecule has 1 aromatic carbocycles. The van der Waals surface area contributed by atoms with Gasteiger partial charge in [-0.05, 0) is 42.9 Å². The molecule has 3 unspecified atom stereocenters. The highest BCUT2D eigenvalue weighted by Crippen LogP contribution is 2.17. The molecule has 0 saturated heterocycles. The van der Waals surface area contributed by atoms with Crippen molar-refractivity contribution in [2.24, 2.45) is 11.8 Å². The van der Waals surface area contributed by atoms with Crippen LogP contribution in [0, 0.1) is 11.8 Å². The van der Waals surface area contributed by atoms with Crippen LogP contribution in [0.4, 0.5) is 0 Å². The molecule has 0 aliphatic heterocycles. The third-order valence-corrected chi connectivity index (χ3v) is 6.80. The van der Waals surface area contributed by atoms with Gasteiger partial charge in [-0.15, -0.1) is 0 Å². The summed E-state index contributed by atoms with van der Waals surface area (Å²) in [5, 5.41) is 66.8. The Bertz CT molecular complexity index is 760. The fourth-order valence-electron chi connectivity index (χ4n) is 3.05. The minimum Gasteiger partial charge on any atom is -0.391 e. The summed E-state index contributed by atoms with van der Waals surface area (Å²) in [6.07, 6.45) is 1.39. The van der Waals surface area contributed by atoms with Crippen molar-refractivity contribution >= 4 is 11.8 Å². The van der Waals surface area contributed by atoms with Gasteiger partial charge in [0.25, 0.3) is 0 Å². The van der Waals surface area contributed by atoms with Crippen molar-refractivity contribution in [3.05, 3.63) is 59.7 Å². The second kappa shape index (κ2) is 32.1. The van der Waals surface area contributed by atoms with Crippen LogP contribution in [0.15, 0.2) is 54.1 Å². The average molecular weight is 635 g/mol. The molecule has 0 bridgehead atoms. The molecular weight excluding hydrogens is 568 g/mol. The van der Waals surface area contributed by atoms with E-state index >= 15 is 0 Å². The first kappa shape index (κ1) is 48.6. The maximum atomic E-state index is 9.91. The monoisotopic (exact) mass is 634 g/mol. The summed E-state index contributed by atoms with van der Waals surface area (Å²) in [6, 6.07) is 9.80. The van der Waals surface area contributed by atoms with Crippen molar-refractivity contribution < 1.29 is 35.8 Å². The number of likely N-dealkylation sites (N-methyl/N-ethyl adjacent to an activating group) is 1. The zero-order chi connectivity index (χ0) is 34.5. The van der Waals surface area contributed by atoms with Crippen LogP contribution in [0.2, 0.25) is 0 Å². The highest BCUT2D eigenvalue weighted by Gasteiger charge is 2.22. The Hall–Kier alpha value is -1.31. The van der Waals surface area contributed by atoms with E-state index in [0.29, 0.717) is 23.8 Å². The molecule has 256 valence electrons. The van der Waals surface area contributed by atoms with Gasteiger partial charge in [-0.25, -0.2) is 0 Å². The zero-order valence-corrected chi connectivity index (χ0v) is 29.7. The topological polar surface area (TPSA) is 157 Å². The molecule has 0 heterocycles. The summed E-state index contributed by atoms with van der Waals surface area (Å²) < 4.78 is 0. The van der Waals surface area contributed by atoms with Crippen LogP contribution in [0.3, 0.4) is 0 Å². The lowest BCUT2D eigenvalue weighted by Crippen LogP contribution is -2.41. The second-order valence-electron chi connectivity index (χ2n) is 9.50. The smallest absolute Gasteiger partial charge is 0.148 e. The first-order valence-electron chi connectivity index (χ1n) is 15.5. The molecule has 1 aliphatic carbocycles. The van der Waals surface area contributed by atoms with Gasteiger partial charge in [-0.2, -0.15) is 16.8 Å². The molecule has 9 nitrogen and oxygen atoms in total.